The molecule has 1 unspecified atom stereocenters. The van der Waals surface area contributed by atoms with Crippen molar-refractivity contribution in [1.29, 1.82) is 0 Å². The fraction of sp³-hybridized carbons (Fsp3) is 0.667. The van der Waals surface area contributed by atoms with Crippen molar-refractivity contribution in [3.05, 3.63) is 17.5 Å². The van der Waals surface area contributed by atoms with Crippen LogP contribution in [0.15, 0.2) is 6.20 Å². The zero-order valence-corrected chi connectivity index (χ0v) is 12.5. The second-order valence-corrected chi connectivity index (χ2v) is 6.20. The highest BCUT2D eigenvalue weighted by Gasteiger charge is 2.35. The summed E-state index contributed by atoms with van der Waals surface area (Å²) in [6.45, 7) is 6.36. The highest BCUT2D eigenvalue weighted by Crippen LogP contribution is 2.35. The van der Waals surface area contributed by atoms with Crippen molar-refractivity contribution in [2.45, 2.75) is 39.0 Å². The minimum atomic E-state index is -2.36. The van der Waals surface area contributed by atoms with Crippen LogP contribution in [0.2, 0.25) is 0 Å². The van der Waals surface area contributed by atoms with Gasteiger partial charge in [-0.1, -0.05) is 20.8 Å². The topological polar surface area (TPSA) is 101 Å². The van der Waals surface area contributed by atoms with Gasteiger partial charge in [0.15, 0.2) is 5.78 Å². The molecule has 1 aliphatic carbocycles. The molecule has 2 rings (SSSR count). The number of hydrogen-bond acceptors (Lipinski definition) is 4. The van der Waals surface area contributed by atoms with Crippen LogP contribution in [0.5, 0.6) is 0 Å². The number of ketones is 1. The summed E-state index contributed by atoms with van der Waals surface area (Å²) >= 11 is -2.36. The predicted molar refractivity (Wildman–Crippen MR) is 72.1 cm³/mol. The molecule has 19 heavy (non-hydrogen) atoms. The Hall–Kier alpha value is -1.05. The van der Waals surface area contributed by atoms with Gasteiger partial charge in [0.2, 0.25) is 0 Å². The fourth-order valence-electron chi connectivity index (χ4n) is 2.07. The van der Waals surface area contributed by atoms with E-state index in [4.69, 9.17) is 8.76 Å². The third-order valence-electron chi connectivity index (χ3n) is 2.86. The summed E-state index contributed by atoms with van der Waals surface area (Å²) in [7, 11) is 1.91. The van der Waals surface area contributed by atoms with E-state index in [1.54, 1.807) is 6.20 Å². The minimum Gasteiger partial charge on any atom is -0.760 e. The van der Waals surface area contributed by atoms with Gasteiger partial charge in [-0.25, -0.2) is 0 Å². The first-order chi connectivity index (χ1) is 8.64. The molecule has 0 amide bonds. The number of aryl methyl sites for hydroxylation is 1. The number of carbonyl (C=O) groups excluding carboxylic acids is 1. The molecule has 0 saturated heterocycles. The minimum absolute atomic E-state index is 0.0227. The Morgan fingerprint density at radius 2 is 2.00 bits per heavy atom. The van der Waals surface area contributed by atoms with Gasteiger partial charge >= 0.3 is 0 Å². The van der Waals surface area contributed by atoms with Crippen molar-refractivity contribution in [2.75, 3.05) is 0 Å². The summed E-state index contributed by atoms with van der Waals surface area (Å²) in [5, 5.41) is 8.24. The number of Topliss-reactive ketones (excluding diaryl/α,β-unsaturated/α-hetero) is 1. The molecule has 0 aliphatic heterocycles. The maximum absolute atomic E-state index is 12.0. The molecule has 108 valence electrons. The number of hydrogen-bond donors (Lipinski definition) is 1. The summed E-state index contributed by atoms with van der Waals surface area (Å²) in [5.41, 5.74) is 1.86. The first kappa shape index (κ1) is 16.0. The zero-order valence-electron chi connectivity index (χ0n) is 11.7. The Morgan fingerprint density at radius 3 is 2.37 bits per heavy atom. The molecule has 0 spiro atoms. The van der Waals surface area contributed by atoms with Crippen LogP contribution in [0.3, 0.4) is 0 Å². The molecule has 6 nitrogen and oxygen atoms in total. The van der Waals surface area contributed by atoms with Crippen LogP contribution in [-0.2, 0) is 23.7 Å². The lowest BCUT2D eigenvalue weighted by molar-refractivity contribution is 0.0965. The Balaban J connectivity index is 0.000000399. The molecular weight excluding hydrogens is 266 g/mol. The third kappa shape index (κ3) is 4.52. The smallest absolute Gasteiger partial charge is 0.169 e. The van der Waals surface area contributed by atoms with Gasteiger partial charge in [0, 0.05) is 29.6 Å². The number of aromatic nitrogens is 2. The standard InChI is InChI=1S/C12H18N2O.H3NO2S/c1-12(2,3)11-9(7-13-14(11)4)10(15)8-5-6-8;1-4(2)3/h7-8H,5-6H2,1-4H3;1H2,(H,2,3)/p-1. The van der Waals surface area contributed by atoms with E-state index in [0.717, 1.165) is 24.1 Å². The number of carbonyl (C=O) groups is 1. The van der Waals surface area contributed by atoms with Crippen molar-refractivity contribution < 1.29 is 13.6 Å². The van der Waals surface area contributed by atoms with Crippen molar-refractivity contribution in [3.8, 4) is 0 Å². The van der Waals surface area contributed by atoms with Gasteiger partial charge in [-0.15, -0.1) is 0 Å². The van der Waals surface area contributed by atoms with Crippen LogP contribution in [0, 0.1) is 5.92 Å². The number of nitrogens with zero attached hydrogens (tertiary/aromatic N) is 2. The Bertz CT molecular complexity index is 483. The van der Waals surface area contributed by atoms with Crippen molar-refractivity contribution in [1.82, 2.24) is 9.78 Å². The maximum Gasteiger partial charge on any atom is 0.169 e. The summed E-state index contributed by atoms with van der Waals surface area (Å²) in [4.78, 5) is 12.0. The molecule has 1 saturated carbocycles. The zero-order chi connectivity index (χ0) is 14.8. The van der Waals surface area contributed by atoms with Crippen LogP contribution >= 0.6 is 0 Å². The van der Waals surface area contributed by atoms with E-state index in [9.17, 15) is 4.79 Å². The van der Waals surface area contributed by atoms with E-state index >= 15 is 0 Å². The van der Waals surface area contributed by atoms with Crippen molar-refractivity contribution in [3.63, 3.8) is 0 Å². The normalized spacial score (nSPS) is 16.5. The third-order valence-corrected chi connectivity index (χ3v) is 2.86. The van der Waals surface area contributed by atoms with Gasteiger partial charge in [0.05, 0.1) is 17.5 Å². The van der Waals surface area contributed by atoms with E-state index in [2.05, 4.69) is 31.0 Å². The quantitative estimate of drug-likeness (QED) is 0.648. The van der Waals surface area contributed by atoms with E-state index in [0.29, 0.717) is 0 Å². The summed E-state index contributed by atoms with van der Waals surface area (Å²) in [6, 6.07) is 0. The number of nitrogens with two attached hydrogens (primary N) is 1. The lowest BCUT2D eigenvalue weighted by Gasteiger charge is -2.20. The van der Waals surface area contributed by atoms with Gasteiger partial charge in [-0.3, -0.25) is 18.8 Å². The molecule has 1 aromatic rings. The predicted octanol–water partition coefficient (Wildman–Crippen LogP) is 1.05. The second-order valence-electron chi connectivity index (χ2n) is 5.68. The molecular formula is C12H20N3O3S-. The van der Waals surface area contributed by atoms with Crippen LogP contribution in [0.1, 0.15) is 49.7 Å². The number of rotatable bonds is 2. The average Bonchev–Trinajstić information content (AvgIpc) is 2.98. The van der Waals surface area contributed by atoms with Gasteiger partial charge in [-0.05, 0) is 12.8 Å². The second kappa shape index (κ2) is 5.94. The van der Waals surface area contributed by atoms with E-state index in [1.807, 2.05) is 11.7 Å². The molecule has 2 N–H and O–H groups in total. The van der Waals surface area contributed by atoms with E-state index in [-0.39, 0.29) is 17.1 Å². The Kier molecular flexibility index (Phi) is 5.00. The summed E-state index contributed by atoms with van der Waals surface area (Å²) in [6.07, 6.45) is 3.83. The van der Waals surface area contributed by atoms with Crippen LogP contribution in [0.25, 0.3) is 0 Å². The lowest BCUT2D eigenvalue weighted by Crippen LogP contribution is -2.20. The first-order valence-corrected chi connectivity index (χ1v) is 7.18. The molecule has 1 aromatic heterocycles. The maximum atomic E-state index is 12.0. The first-order valence-electron chi connectivity index (χ1n) is 6.05. The molecule has 0 aromatic carbocycles. The van der Waals surface area contributed by atoms with Gasteiger partial charge < -0.3 is 4.55 Å². The van der Waals surface area contributed by atoms with Crippen molar-refractivity contribution >= 4 is 17.0 Å². The highest BCUT2D eigenvalue weighted by atomic mass is 32.2. The van der Waals surface area contributed by atoms with Crippen molar-refractivity contribution in [2.24, 2.45) is 18.1 Å². The summed E-state index contributed by atoms with van der Waals surface area (Å²) in [5.74, 6) is 0.559. The molecule has 1 aliphatic rings. The van der Waals surface area contributed by atoms with Crippen LogP contribution in [-0.4, -0.2) is 24.3 Å². The van der Waals surface area contributed by atoms with Crippen LogP contribution < -0.4 is 5.14 Å². The molecule has 1 fully saturated rings. The molecule has 0 radical (unpaired) electrons. The average molecular weight is 286 g/mol. The molecule has 0 bridgehead atoms. The van der Waals surface area contributed by atoms with E-state index < -0.39 is 11.3 Å². The highest BCUT2D eigenvalue weighted by molar-refractivity contribution is 7.76. The van der Waals surface area contributed by atoms with Gasteiger partial charge in [0.1, 0.15) is 0 Å². The molecule has 7 heteroatoms. The van der Waals surface area contributed by atoms with Crippen LogP contribution in [0.4, 0.5) is 0 Å². The van der Waals surface area contributed by atoms with Gasteiger partial charge in [0.25, 0.3) is 0 Å². The monoisotopic (exact) mass is 286 g/mol. The lowest BCUT2D eigenvalue weighted by atomic mass is 9.87. The fourth-order valence-corrected chi connectivity index (χ4v) is 2.07. The largest absolute Gasteiger partial charge is 0.760 e. The SMILES string of the molecule is Cn1ncc(C(=O)C2CC2)c1C(C)(C)C.NS(=O)[O-]. The molecule has 1 atom stereocenters. The Labute approximate surface area is 115 Å². The van der Waals surface area contributed by atoms with Gasteiger partial charge in [-0.2, -0.15) is 5.10 Å². The molecule has 1 heterocycles. The Morgan fingerprint density at radius 1 is 1.53 bits per heavy atom. The van der Waals surface area contributed by atoms with E-state index in [1.165, 1.54) is 0 Å². The summed E-state index contributed by atoms with van der Waals surface area (Å²) < 4.78 is 19.4.